The van der Waals surface area contributed by atoms with E-state index in [0.29, 0.717) is 12.1 Å². The Morgan fingerprint density at radius 2 is 1.94 bits per heavy atom. The number of hydrogen-bond donors (Lipinski definition) is 4. The topological polar surface area (TPSA) is 117 Å². The van der Waals surface area contributed by atoms with Gasteiger partial charge in [-0.3, -0.25) is 14.7 Å². The summed E-state index contributed by atoms with van der Waals surface area (Å²) in [6, 6.07) is 5.37. The first-order chi connectivity index (χ1) is 15.3. The largest absolute Gasteiger partial charge is 0.465 e. The zero-order valence-electron chi connectivity index (χ0n) is 19.2. The molecule has 0 fully saturated rings. The molecular weight excluding hydrogens is 424 g/mol. The zero-order valence-corrected chi connectivity index (χ0v) is 20.1. The fourth-order valence-corrected chi connectivity index (χ4v) is 3.02. The van der Waals surface area contributed by atoms with Crippen LogP contribution in [0.3, 0.4) is 0 Å². The van der Waals surface area contributed by atoms with Crippen molar-refractivity contribution in [3.63, 3.8) is 0 Å². The van der Waals surface area contributed by atoms with Crippen molar-refractivity contribution in [3.8, 4) is 12.8 Å². The third-order valence-corrected chi connectivity index (χ3v) is 4.75. The summed E-state index contributed by atoms with van der Waals surface area (Å²) in [6.07, 6.45) is 15.0. The van der Waals surface area contributed by atoms with Gasteiger partial charge in [-0.2, -0.15) is 0 Å². The number of carbonyl (C=O) groups excluding carboxylic acids is 2. The van der Waals surface area contributed by atoms with Crippen molar-refractivity contribution < 1.29 is 14.3 Å². The molecule has 5 N–H and O–H groups in total. The summed E-state index contributed by atoms with van der Waals surface area (Å²) in [4.78, 5) is 23.3. The highest BCUT2D eigenvalue weighted by atomic mass is 32.2. The van der Waals surface area contributed by atoms with E-state index in [0.717, 1.165) is 40.9 Å². The first kappa shape index (κ1) is 29.0. The summed E-state index contributed by atoms with van der Waals surface area (Å²) in [5.74, 6) is -0.520. The number of anilines is 2. The Labute approximate surface area is 195 Å². The van der Waals surface area contributed by atoms with Crippen molar-refractivity contribution in [3.05, 3.63) is 47.2 Å². The standard InChI is InChI=1S/C22H32N4O3S.C2H2/c1-5-6-18(11-15(2)3)25-21-12-19(8-7-17(21)13-23)26-22(28)10-9-20(30-24)14-29-16(4)27;1-2/h6-8,11-13,20,23,25H,5,9-10,14,24H2,1-4H3,(H,26,28);1-2H/b18-6+,23-13?;. The van der Waals surface area contributed by atoms with Gasteiger partial charge >= 0.3 is 5.97 Å². The van der Waals surface area contributed by atoms with Crippen molar-refractivity contribution in [1.82, 2.24) is 0 Å². The van der Waals surface area contributed by atoms with Crippen LogP contribution in [0.25, 0.3) is 0 Å². The van der Waals surface area contributed by atoms with Gasteiger partial charge < -0.3 is 20.8 Å². The molecule has 0 aromatic heterocycles. The van der Waals surface area contributed by atoms with Crippen LogP contribution in [0.2, 0.25) is 0 Å². The number of ether oxygens (including phenoxy) is 1. The molecule has 1 aromatic carbocycles. The Morgan fingerprint density at radius 3 is 2.47 bits per heavy atom. The number of carbonyl (C=O) groups is 2. The summed E-state index contributed by atoms with van der Waals surface area (Å²) < 4.78 is 4.96. The molecule has 0 aliphatic rings. The summed E-state index contributed by atoms with van der Waals surface area (Å²) in [7, 11) is 0. The molecule has 0 aliphatic heterocycles. The van der Waals surface area contributed by atoms with Crippen molar-refractivity contribution in [1.29, 1.82) is 5.41 Å². The molecule has 1 aromatic rings. The molecule has 0 saturated carbocycles. The van der Waals surface area contributed by atoms with E-state index in [1.165, 1.54) is 13.1 Å². The predicted octanol–water partition coefficient (Wildman–Crippen LogP) is 4.86. The number of rotatable bonds is 12. The summed E-state index contributed by atoms with van der Waals surface area (Å²) in [5.41, 5.74) is 4.20. The lowest BCUT2D eigenvalue weighted by atomic mass is 10.1. The SMILES string of the molecule is C#C.CC/C=C(\C=C(C)C)Nc1cc(NC(=O)CCC(COC(C)=O)SN)ccc1C=N. The molecule has 1 rings (SSSR count). The Hall–Kier alpha value is -3.02. The lowest BCUT2D eigenvalue weighted by molar-refractivity contribution is -0.140. The van der Waals surface area contributed by atoms with Gasteiger partial charge in [-0.1, -0.05) is 30.5 Å². The van der Waals surface area contributed by atoms with E-state index in [2.05, 4.69) is 36.5 Å². The van der Waals surface area contributed by atoms with Crippen LogP contribution in [-0.2, 0) is 14.3 Å². The van der Waals surface area contributed by atoms with Gasteiger partial charge in [0.05, 0.1) is 5.25 Å². The van der Waals surface area contributed by atoms with Gasteiger partial charge in [-0.15, -0.1) is 12.8 Å². The van der Waals surface area contributed by atoms with Crippen molar-refractivity contribution >= 4 is 41.4 Å². The summed E-state index contributed by atoms with van der Waals surface area (Å²) in [5, 5.41) is 19.3. The van der Waals surface area contributed by atoms with Crippen LogP contribution < -0.4 is 15.8 Å². The van der Waals surface area contributed by atoms with Crippen LogP contribution in [0.5, 0.6) is 0 Å². The highest BCUT2D eigenvalue weighted by Gasteiger charge is 2.13. The smallest absolute Gasteiger partial charge is 0.302 e. The second-order valence-corrected chi connectivity index (χ2v) is 7.95. The molecule has 0 radical (unpaired) electrons. The Morgan fingerprint density at radius 1 is 1.25 bits per heavy atom. The lowest BCUT2D eigenvalue weighted by Gasteiger charge is -2.15. The average Bonchev–Trinajstić information content (AvgIpc) is 2.75. The van der Waals surface area contributed by atoms with Crippen LogP contribution in [0.4, 0.5) is 11.4 Å². The molecule has 0 saturated heterocycles. The highest BCUT2D eigenvalue weighted by molar-refractivity contribution is 7.97. The minimum atomic E-state index is -0.366. The molecule has 1 amide bonds. The van der Waals surface area contributed by atoms with Crippen LogP contribution in [0.1, 0.15) is 52.5 Å². The number of benzene rings is 1. The predicted molar refractivity (Wildman–Crippen MR) is 136 cm³/mol. The van der Waals surface area contributed by atoms with Gasteiger partial charge in [0.25, 0.3) is 0 Å². The zero-order chi connectivity index (χ0) is 24.5. The Balaban J connectivity index is 0.00000466. The van der Waals surface area contributed by atoms with Crippen molar-refractivity contribution in [2.75, 3.05) is 17.2 Å². The van der Waals surface area contributed by atoms with E-state index in [-0.39, 0.29) is 30.2 Å². The number of allylic oxidation sites excluding steroid dienone is 3. The number of nitrogens with two attached hydrogens (primary N) is 1. The van der Waals surface area contributed by atoms with Gasteiger partial charge in [-0.05, 0) is 51.0 Å². The molecule has 1 unspecified atom stereocenters. The second kappa shape index (κ2) is 16.6. The van der Waals surface area contributed by atoms with E-state index in [1.54, 1.807) is 12.1 Å². The average molecular weight is 459 g/mol. The van der Waals surface area contributed by atoms with Crippen molar-refractivity contribution in [2.24, 2.45) is 5.14 Å². The third-order valence-electron chi connectivity index (χ3n) is 4.00. The molecule has 8 heteroatoms. The molecule has 0 aliphatic carbocycles. The molecule has 174 valence electrons. The number of amides is 1. The second-order valence-electron chi connectivity index (χ2n) is 7.01. The van der Waals surface area contributed by atoms with Crippen LogP contribution in [-0.4, -0.2) is 29.9 Å². The quantitative estimate of drug-likeness (QED) is 0.117. The van der Waals surface area contributed by atoms with Gasteiger partial charge in [0.1, 0.15) is 6.61 Å². The highest BCUT2D eigenvalue weighted by Crippen LogP contribution is 2.23. The molecule has 0 heterocycles. The lowest BCUT2D eigenvalue weighted by Crippen LogP contribution is -2.20. The van der Waals surface area contributed by atoms with Gasteiger partial charge in [0.2, 0.25) is 5.91 Å². The molecule has 32 heavy (non-hydrogen) atoms. The minimum Gasteiger partial charge on any atom is -0.465 e. The summed E-state index contributed by atoms with van der Waals surface area (Å²) in [6.45, 7) is 7.63. The van der Waals surface area contributed by atoms with E-state index < -0.39 is 0 Å². The number of esters is 1. The molecule has 1 atom stereocenters. The maximum atomic E-state index is 12.4. The first-order valence-electron chi connectivity index (χ1n) is 10.2. The summed E-state index contributed by atoms with van der Waals surface area (Å²) >= 11 is 1.08. The van der Waals surface area contributed by atoms with E-state index in [9.17, 15) is 9.59 Å². The van der Waals surface area contributed by atoms with Gasteiger partial charge in [-0.25, -0.2) is 0 Å². The minimum absolute atomic E-state index is 0.136. The maximum absolute atomic E-state index is 12.4. The Bertz CT molecular complexity index is 843. The van der Waals surface area contributed by atoms with Crippen LogP contribution in [0.15, 0.2) is 41.6 Å². The van der Waals surface area contributed by atoms with Gasteiger partial charge in [0.15, 0.2) is 0 Å². The van der Waals surface area contributed by atoms with Crippen LogP contribution in [0, 0.1) is 18.3 Å². The number of terminal acetylenes is 1. The van der Waals surface area contributed by atoms with Gasteiger partial charge in [0, 0.05) is 42.2 Å². The van der Waals surface area contributed by atoms with E-state index in [4.69, 9.17) is 15.3 Å². The normalized spacial score (nSPS) is 11.3. The Kier molecular flexibility index (Phi) is 15.1. The van der Waals surface area contributed by atoms with Crippen LogP contribution >= 0.6 is 11.9 Å². The maximum Gasteiger partial charge on any atom is 0.302 e. The van der Waals surface area contributed by atoms with E-state index in [1.807, 2.05) is 26.0 Å². The monoisotopic (exact) mass is 458 g/mol. The van der Waals surface area contributed by atoms with E-state index >= 15 is 0 Å². The fourth-order valence-electron chi connectivity index (χ4n) is 2.62. The fraction of sp³-hybridized carbons (Fsp3) is 0.375. The number of nitrogens with one attached hydrogen (secondary N) is 3. The molecular formula is C24H34N4O3S. The first-order valence-corrected chi connectivity index (χ1v) is 11.1. The molecule has 0 spiro atoms. The number of hydrogen-bond acceptors (Lipinski definition) is 7. The van der Waals surface area contributed by atoms with Crippen molar-refractivity contribution in [2.45, 2.75) is 52.2 Å². The molecule has 0 bridgehead atoms. The third kappa shape index (κ3) is 12.0. The molecule has 7 nitrogen and oxygen atoms in total.